The first-order valence-electron chi connectivity index (χ1n) is 13.9. The molecule has 5 rings (SSSR count). The van der Waals surface area contributed by atoms with Gasteiger partial charge >= 0.3 is 5.97 Å². The molecule has 0 spiro atoms. The fourth-order valence-corrected chi connectivity index (χ4v) is 6.22. The number of para-hydroxylation sites is 1. The number of amides is 2. The molecule has 10 heteroatoms. The van der Waals surface area contributed by atoms with E-state index in [0.29, 0.717) is 18.4 Å². The van der Waals surface area contributed by atoms with Gasteiger partial charge in [0.25, 0.3) is 0 Å². The predicted molar refractivity (Wildman–Crippen MR) is 147 cm³/mol. The Morgan fingerprint density at radius 3 is 2.55 bits per heavy atom. The molecule has 0 unspecified atom stereocenters. The van der Waals surface area contributed by atoms with Crippen LogP contribution in [-0.2, 0) is 32.2 Å². The number of aliphatic hydroxyl groups is 1. The van der Waals surface area contributed by atoms with E-state index in [1.165, 1.54) is 4.90 Å². The monoisotopic (exact) mass is 545 g/mol. The van der Waals surface area contributed by atoms with Crippen molar-refractivity contribution >= 4 is 28.8 Å². The lowest BCUT2D eigenvalue weighted by molar-refractivity contribution is -0.156. The summed E-state index contributed by atoms with van der Waals surface area (Å²) in [4.78, 5) is 42.8. The van der Waals surface area contributed by atoms with Crippen molar-refractivity contribution in [3.8, 4) is 0 Å². The van der Waals surface area contributed by atoms with E-state index in [0.717, 1.165) is 11.1 Å². The van der Waals surface area contributed by atoms with Crippen LogP contribution in [0.1, 0.15) is 25.8 Å². The third kappa shape index (κ3) is 5.11. The fraction of sp³-hybridized carbons (Fsp3) is 0.433. The zero-order chi connectivity index (χ0) is 28.2. The number of aliphatic hydroxyl groups excluding tert-OH is 1. The molecule has 2 amide bonds. The van der Waals surface area contributed by atoms with Gasteiger partial charge in [-0.05, 0) is 43.4 Å². The van der Waals surface area contributed by atoms with Crippen LogP contribution >= 0.6 is 0 Å². The first-order valence-corrected chi connectivity index (χ1v) is 13.9. The van der Waals surface area contributed by atoms with Gasteiger partial charge in [-0.25, -0.2) is 4.68 Å². The lowest BCUT2D eigenvalue weighted by Crippen LogP contribution is -2.53. The highest BCUT2D eigenvalue weighted by molar-refractivity contribution is 5.96. The molecule has 0 bridgehead atoms. The third-order valence-electron chi connectivity index (χ3n) is 8.09. The lowest BCUT2D eigenvalue weighted by atomic mass is 9.69. The van der Waals surface area contributed by atoms with Crippen molar-refractivity contribution in [2.75, 3.05) is 13.2 Å². The average molecular weight is 546 g/mol. The number of nitrogens with zero attached hydrogens (tertiary/aromatic N) is 4. The maximum Gasteiger partial charge on any atom is 0.310 e. The summed E-state index contributed by atoms with van der Waals surface area (Å²) in [5.74, 6) is -3.33. The number of nitrogens with one attached hydrogen (secondary N) is 1. The number of likely N-dealkylation sites (tertiary alicyclic amines) is 1. The van der Waals surface area contributed by atoms with E-state index >= 15 is 0 Å². The van der Waals surface area contributed by atoms with Crippen LogP contribution in [0.4, 0.5) is 0 Å². The molecule has 3 aromatic rings. The topological polar surface area (TPSA) is 127 Å². The van der Waals surface area contributed by atoms with Crippen molar-refractivity contribution in [3.05, 3.63) is 72.3 Å². The number of rotatable bonds is 10. The minimum absolute atomic E-state index is 0.0559. The largest absolute Gasteiger partial charge is 0.466 e. The van der Waals surface area contributed by atoms with Gasteiger partial charge in [-0.1, -0.05) is 66.8 Å². The lowest BCUT2D eigenvalue weighted by Gasteiger charge is -2.34. The van der Waals surface area contributed by atoms with Gasteiger partial charge in [-0.15, -0.1) is 5.10 Å². The van der Waals surface area contributed by atoms with Crippen LogP contribution < -0.4 is 5.32 Å². The van der Waals surface area contributed by atoms with Gasteiger partial charge < -0.3 is 20.1 Å². The first kappa shape index (κ1) is 27.5. The van der Waals surface area contributed by atoms with Crippen molar-refractivity contribution in [1.29, 1.82) is 0 Å². The SMILES string of the molecule is CCOC(=O)[C@H]1[C@@H]2C(=O)N([C@@H](CO)Cc3ccccc3)[C@H](C(=O)NCn3nnc4ccccc43)[C@H]2C=C[C@H]1CC. The Labute approximate surface area is 233 Å². The van der Waals surface area contributed by atoms with Gasteiger partial charge in [0.1, 0.15) is 18.2 Å². The summed E-state index contributed by atoms with van der Waals surface area (Å²) < 4.78 is 7.00. The summed E-state index contributed by atoms with van der Waals surface area (Å²) in [6, 6.07) is 15.4. The molecule has 0 saturated carbocycles. The highest BCUT2D eigenvalue weighted by Gasteiger charge is 2.58. The number of fused-ring (bicyclic) bond motifs is 2. The second kappa shape index (κ2) is 12.0. The molecule has 0 radical (unpaired) electrons. The maximum absolute atomic E-state index is 14.2. The van der Waals surface area contributed by atoms with Crippen LogP contribution in [0.3, 0.4) is 0 Å². The zero-order valence-electron chi connectivity index (χ0n) is 22.7. The van der Waals surface area contributed by atoms with Crippen molar-refractivity contribution in [2.45, 2.75) is 45.4 Å². The molecule has 10 nitrogen and oxygen atoms in total. The maximum atomic E-state index is 14.2. The Bertz CT molecular complexity index is 1390. The Balaban J connectivity index is 1.49. The highest BCUT2D eigenvalue weighted by Crippen LogP contribution is 2.46. The number of esters is 1. The van der Waals surface area contributed by atoms with Gasteiger partial charge in [-0.3, -0.25) is 14.4 Å². The summed E-state index contributed by atoms with van der Waals surface area (Å²) in [5.41, 5.74) is 2.40. The normalized spacial score (nSPS) is 24.6. The molecule has 2 heterocycles. The molecule has 1 aromatic heterocycles. The van der Waals surface area contributed by atoms with Crippen LogP contribution in [0.5, 0.6) is 0 Å². The summed E-state index contributed by atoms with van der Waals surface area (Å²) in [7, 11) is 0. The van der Waals surface area contributed by atoms with Crippen molar-refractivity contribution < 1.29 is 24.2 Å². The molecular formula is C30H35N5O5. The standard InChI is InChI=1S/C30H35N5O5/c1-3-20-14-15-22-26(25(20)30(39)40-4-2)29(38)35(21(17-36)16-19-10-6-5-7-11-19)27(22)28(37)31-18-34-24-13-9-8-12-23(24)32-33-34/h5-15,20-22,25-27,36H,3-4,16-18H2,1-2H3,(H,31,37)/t20-,21-,22+,25-,26-,27+/m1/s1. The van der Waals surface area contributed by atoms with Gasteiger partial charge in [0.05, 0.1) is 36.6 Å². The Kier molecular flexibility index (Phi) is 8.25. The molecule has 210 valence electrons. The summed E-state index contributed by atoms with van der Waals surface area (Å²) in [6.07, 6.45) is 4.86. The first-order chi connectivity index (χ1) is 19.5. The number of ether oxygens (including phenoxy) is 1. The quantitative estimate of drug-likeness (QED) is 0.296. The Hall–Kier alpha value is -4.05. The number of benzene rings is 2. The van der Waals surface area contributed by atoms with E-state index in [2.05, 4.69) is 15.6 Å². The molecule has 2 aliphatic rings. The molecule has 1 saturated heterocycles. The van der Waals surface area contributed by atoms with E-state index in [9.17, 15) is 19.5 Å². The predicted octanol–water partition coefficient (Wildman–Crippen LogP) is 2.33. The fourth-order valence-electron chi connectivity index (χ4n) is 6.22. The molecule has 2 N–H and O–H groups in total. The van der Waals surface area contributed by atoms with Crippen LogP contribution in [0.15, 0.2) is 66.7 Å². The van der Waals surface area contributed by atoms with E-state index in [1.54, 1.807) is 11.6 Å². The van der Waals surface area contributed by atoms with Crippen LogP contribution in [0.2, 0.25) is 0 Å². The van der Waals surface area contributed by atoms with E-state index in [4.69, 9.17) is 4.74 Å². The number of carbonyl (C=O) groups excluding carboxylic acids is 3. The Morgan fingerprint density at radius 2 is 1.82 bits per heavy atom. The van der Waals surface area contributed by atoms with E-state index < -0.39 is 35.8 Å². The van der Waals surface area contributed by atoms with Crippen LogP contribution in [0, 0.1) is 23.7 Å². The van der Waals surface area contributed by atoms with Gasteiger partial charge in [0.2, 0.25) is 11.8 Å². The highest BCUT2D eigenvalue weighted by atomic mass is 16.5. The molecule has 1 fully saturated rings. The van der Waals surface area contributed by atoms with E-state index in [-0.39, 0.29) is 37.6 Å². The summed E-state index contributed by atoms with van der Waals surface area (Å²) >= 11 is 0. The smallest absolute Gasteiger partial charge is 0.310 e. The number of aromatic nitrogens is 3. The summed E-state index contributed by atoms with van der Waals surface area (Å²) in [6.45, 7) is 3.64. The minimum atomic E-state index is -0.917. The van der Waals surface area contributed by atoms with Crippen LogP contribution in [0.25, 0.3) is 11.0 Å². The van der Waals surface area contributed by atoms with Crippen molar-refractivity contribution in [2.24, 2.45) is 23.7 Å². The van der Waals surface area contributed by atoms with Crippen molar-refractivity contribution in [1.82, 2.24) is 25.2 Å². The number of hydrogen-bond donors (Lipinski definition) is 2. The molecule has 2 aromatic carbocycles. The second-order valence-corrected chi connectivity index (χ2v) is 10.3. The van der Waals surface area contributed by atoms with Gasteiger partial charge in [0.15, 0.2) is 0 Å². The Morgan fingerprint density at radius 1 is 1.07 bits per heavy atom. The molecule has 1 aliphatic heterocycles. The van der Waals surface area contributed by atoms with Gasteiger partial charge in [0, 0.05) is 5.92 Å². The number of allylic oxidation sites excluding steroid dienone is 1. The minimum Gasteiger partial charge on any atom is -0.466 e. The van der Waals surface area contributed by atoms with Crippen LogP contribution in [-0.4, -0.2) is 68.1 Å². The zero-order valence-corrected chi connectivity index (χ0v) is 22.7. The number of carbonyl (C=O) groups is 3. The third-order valence-corrected chi connectivity index (χ3v) is 8.09. The molecule has 6 atom stereocenters. The van der Waals surface area contributed by atoms with E-state index in [1.807, 2.05) is 73.7 Å². The number of hydrogen-bond acceptors (Lipinski definition) is 7. The summed E-state index contributed by atoms with van der Waals surface area (Å²) in [5, 5.41) is 21.7. The molecule has 40 heavy (non-hydrogen) atoms. The molecule has 1 aliphatic carbocycles. The van der Waals surface area contributed by atoms with Gasteiger partial charge in [-0.2, -0.15) is 0 Å². The second-order valence-electron chi connectivity index (χ2n) is 10.3. The molecular weight excluding hydrogens is 510 g/mol. The van der Waals surface area contributed by atoms with Crippen molar-refractivity contribution in [3.63, 3.8) is 0 Å². The average Bonchev–Trinajstić information content (AvgIpc) is 3.53.